The van der Waals surface area contributed by atoms with Crippen molar-refractivity contribution in [1.82, 2.24) is 5.32 Å². The van der Waals surface area contributed by atoms with Crippen LogP contribution >= 0.6 is 0 Å². The monoisotopic (exact) mass is 288 g/mol. The predicted octanol–water partition coefficient (Wildman–Crippen LogP) is 2.97. The predicted molar refractivity (Wildman–Crippen MR) is 81.4 cm³/mol. The van der Waals surface area contributed by atoms with E-state index in [1.54, 1.807) is 12.3 Å². The van der Waals surface area contributed by atoms with Crippen LogP contribution < -0.4 is 15.4 Å². The summed E-state index contributed by atoms with van der Waals surface area (Å²) in [4.78, 5) is 11.9. The van der Waals surface area contributed by atoms with Gasteiger partial charge in [-0.05, 0) is 50.2 Å². The van der Waals surface area contributed by atoms with Crippen molar-refractivity contribution in [2.24, 2.45) is 0 Å². The van der Waals surface area contributed by atoms with Crippen LogP contribution in [0.15, 0.2) is 47.1 Å². The van der Waals surface area contributed by atoms with E-state index in [1.807, 2.05) is 44.2 Å². The van der Waals surface area contributed by atoms with Crippen LogP contribution in [-0.2, 0) is 4.79 Å². The molecule has 1 aromatic heterocycles. The topological polar surface area (TPSA) is 63.5 Å². The van der Waals surface area contributed by atoms with Crippen molar-refractivity contribution in [3.63, 3.8) is 0 Å². The molecule has 2 rings (SSSR count). The first-order chi connectivity index (χ1) is 10.2. The lowest BCUT2D eigenvalue weighted by atomic mass is 10.2. The van der Waals surface area contributed by atoms with Gasteiger partial charge in [-0.1, -0.05) is 0 Å². The fourth-order valence-electron chi connectivity index (χ4n) is 1.92. The number of amides is 1. The second kappa shape index (κ2) is 7.38. The Kier molecular flexibility index (Phi) is 5.26. The number of nitrogens with one attached hydrogen (secondary N) is 2. The molecule has 0 aliphatic carbocycles. The maximum atomic E-state index is 11.9. The van der Waals surface area contributed by atoms with Crippen LogP contribution in [0.3, 0.4) is 0 Å². The van der Waals surface area contributed by atoms with Gasteiger partial charge < -0.3 is 19.8 Å². The van der Waals surface area contributed by atoms with E-state index in [-0.39, 0.29) is 18.5 Å². The molecular weight excluding hydrogens is 268 g/mol. The van der Waals surface area contributed by atoms with Crippen molar-refractivity contribution >= 4 is 11.6 Å². The number of rotatable bonds is 7. The molecule has 0 fully saturated rings. The highest BCUT2D eigenvalue weighted by Gasteiger charge is 2.11. The van der Waals surface area contributed by atoms with Crippen LogP contribution in [0.25, 0.3) is 0 Å². The number of hydrogen-bond acceptors (Lipinski definition) is 4. The minimum atomic E-state index is -0.144. The molecule has 5 heteroatoms. The van der Waals surface area contributed by atoms with Gasteiger partial charge in [0.2, 0.25) is 5.91 Å². The van der Waals surface area contributed by atoms with Crippen molar-refractivity contribution in [3.8, 4) is 5.75 Å². The Balaban J connectivity index is 1.78. The molecule has 1 unspecified atom stereocenters. The summed E-state index contributed by atoms with van der Waals surface area (Å²) >= 11 is 0. The number of carbonyl (C=O) groups is 1. The Bertz CT molecular complexity index is 549. The second-order valence-corrected chi connectivity index (χ2v) is 4.62. The van der Waals surface area contributed by atoms with Gasteiger partial charge in [-0.15, -0.1) is 0 Å². The molecule has 0 saturated heterocycles. The van der Waals surface area contributed by atoms with Crippen molar-refractivity contribution in [2.75, 3.05) is 18.5 Å². The molecule has 2 aromatic rings. The van der Waals surface area contributed by atoms with E-state index in [0.717, 1.165) is 17.2 Å². The standard InChI is InChI=1S/C16H20N2O3/c1-3-20-14-8-6-13(7-9-14)17-11-16(19)18-12(2)15-5-4-10-21-15/h4-10,12,17H,3,11H2,1-2H3,(H,18,19). The van der Waals surface area contributed by atoms with Gasteiger partial charge in [0, 0.05) is 5.69 Å². The van der Waals surface area contributed by atoms with Crippen molar-refractivity contribution in [1.29, 1.82) is 0 Å². The number of hydrogen-bond donors (Lipinski definition) is 2. The fraction of sp³-hybridized carbons (Fsp3) is 0.312. The molecule has 0 bridgehead atoms. The summed E-state index contributed by atoms with van der Waals surface area (Å²) in [5, 5.41) is 5.93. The second-order valence-electron chi connectivity index (χ2n) is 4.62. The fourth-order valence-corrected chi connectivity index (χ4v) is 1.92. The Morgan fingerprint density at radius 1 is 1.29 bits per heavy atom. The van der Waals surface area contributed by atoms with Gasteiger partial charge >= 0.3 is 0 Å². The summed E-state index contributed by atoms with van der Waals surface area (Å²) < 4.78 is 10.6. The maximum Gasteiger partial charge on any atom is 0.239 e. The van der Waals surface area contributed by atoms with Crippen molar-refractivity contribution in [2.45, 2.75) is 19.9 Å². The number of carbonyl (C=O) groups excluding carboxylic acids is 1. The van der Waals surface area contributed by atoms with Gasteiger partial charge in [-0.3, -0.25) is 4.79 Å². The molecule has 1 amide bonds. The first-order valence-corrected chi connectivity index (χ1v) is 6.98. The first-order valence-electron chi connectivity index (χ1n) is 6.98. The zero-order valence-electron chi connectivity index (χ0n) is 12.3. The van der Waals surface area contributed by atoms with Crippen LogP contribution in [-0.4, -0.2) is 19.1 Å². The van der Waals surface area contributed by atoms with Crippen LogP contribution in [0.2, 0.25) is 0 Å². The first kappa shape index (κ1) is 15.0. The van der Waals surface area contributed by atoms with E-state index in [9.17, 15) is 4.79 Å². The third-order valence-electron chi connectivity index (χ3n) is 2.97. The highest BCUT2D eigenvalue weighted by atomic mass is 16.5. The van der Waals surface area contributed by atoms with E-state index in [4.69, 9.17) is 9.15 Å². The average molecular weight is 288 g/mol. The van der Waals surface area contributed by atoms with E-state index >= 15 is 0 Å². The van der Waals surface area contributed by atoms with E-state index in [1.165, 1.54) is 0 Å². The molecule has 0 aliphatic rings. The van der Waals surface area contributed by atoms with Gasteiger partial charge in [-0.25, -0.2) is 0 Å². The highest BCUT2D eigenvalue weighted by Crippen LogP contribution is 2.15. The molecule has 1 aromatic carbocycles. The van der Waals surface area contributed by atoms with Gasteiger partial charge in [0.25, 0.3) is 0 Å². The third kappa shape index (κ3) is 4.56. The Morgan fingerprint density at radius 2 is 2.05 bits per heavy atom. The molecule has 21 heavy (non-hydrogen) atoms. The lowest BCUT2D eigenvalue weighted by molar-refractivity contribution is -0.120. The quantitative estimate of drug-likeness (QED) is 0.822. The molecule has 0 spiro atoms. The average Bonchev–Trinajstić information content (AvgIpc) is 3.01. The van der Waals surface area contributed by atoms with E-state index in [2.05, 4.69) is 10.6 Å². The minimum Gasteiger partial charge on any atom is -0.494 e. The normalized spacial score (nSPS) is 11.7. The summed E-state index contributed by atoms with van der Waals surface area (Å²) in [5.74, 6) is 1.47. The molecule has 0 radical (unpaired) electrons. The van der Waals surface area contributed by atoms with Gasteiger partial charge in [-0.2, -0.15) is 0 Å². The smallest absolute Gasteiger partial charge is 0.239 e. The SMILES string of the molecule is CCOc1ccc(NCC(=O)NC(C)c2ccco2)cc1. The zero-order valence-corrected chi connectivity index (χ0v) is 12.3. The Labute approximate surface area is 124 Å². The molecule has 2 N–H and O–H groups in total. The number of anilines is 1. The van der Waals surface area contributed by atoms with Crippen LogP contribution in [0, 0.1) is 0 Å². The number of furan rings is 1. The molecule has 1 heterocycles. The molecule has 0 saturated carbocycles. The van der Waals surface area contributed by atoms with Gasteiger partial charge in [0.1, 0.15) is 11.5 Å². The molecule has 5 nitrogen and oxygen atoms in total. The molecule has 112 valence electrons. The molecular formula is C16H20N2O3. The lowest BCUT2D eigenvalue weighted by Crippen LogP contribution is -2.31. The van der Waals surface area contributed by atoms with E-state index < -0.39 is 0 Å². The minimum absolute atomic E-state index is 0.0900. The largest absolute Gasteiger partial charge is 0.494 e. The third-order valence-corrected chi connectivity index (χ3v) is 2.97. The lowest BCUT2D eigenvalue weighted by Gasteiger charge is -2.12. The van der Waals surface area contributed by atoms with E-state index in [0.29, 0.717) is 6.61 Å². The molecule has 0 aliphatic heterocycles. The number of benzene rings is 1. The molecule has 1 atom stereocenters. The zero-order chi connectivity index (χ0) is 15.1. The summed E-state index contributed by atoms with van der Waals surface area (Å²) in [6.07, 6.45) is 1.59. The van der Waals surface area contributed by atoms with Crippen LogP contribution in [0.5, 0.6) is 5.75 Å². The van der Waals surface area contributed by atoms with Crippen LogP contribution in [0.4, 0.5) is 5.69 Å². The Morgan fingerprint density at radius 3 is 2.67 bits per heavy atom. The summed E-state index contributed by atoms with van der Waals surface area (Å²) in [7, 11) is 0. The van der Waals surface area contributed by atoms with Gasteiger partial charge in [0.05, 0.1) is 25.5 Å². The number of ether oxygens (including phenoxy) is 1. The van der Waals surface area contributed by atoms with Crippen molar-refractivity contribution in [3.05, 3.63) is 48.4 Å². The maximum absolute atomic E-state index is 11.9. The van der Waals surface area contributed by atoms with Gasteiger partial charge in [0.15, 0.2) is 0 Å². The van der Waals surface area contributed by atoms with Crippen molar-refractivity contribution < 1.29 is 13.9 Å². The summed E-state index contributed by atoms with van der Waals surface area (Å²) in [5.41, 5.74) is 0.874. The Hall–Kier alpha value is -2.43. The highest BCUT2D eigenvalue weighted by molar-refractivity contribution is 5.81. The summed E-state index contributed by atoms with van der Waals surface area (Å²) in [6, 6.07) is 11.0. The summed E-state index contributed by atoms with van der Waals surface area (Å²) in [6.45, 7) is 4.67. The van der Waals surface area contributed by atoms with Crippen LogP contribution in [0.1, 0.15) is 25.6 Å².